The lowest BCUT2D eigenvalue weighted by Crippen LogP contribution is -2.62. The number of cyclic esters (lactones) is 1. The Bertz CT molecular complexity index is 2970. The third-order valence-corrected chi connectivity index (χ3v) is 21.8. The standard InChI is InChI=1S/C68H103N7O19Si/c1-9-55-56-42-54(94-95(7,8)67(4,5)6)21-22-60(56)73-62-57(55)44-75-61(62)43-59-58(64(75)79)48-91-65(80)68(59,10-2)93-66(81)92-45-49-17-19-51(20-18-49)72-63(78)50(15-12-13-23-70-11-3)41-53(77)47-90-46-52(76)16-14-25-82-27-29-84-31-33-86-35-37-88-39-40-89-38-36-87-34-32-85-30-28-83-26-24-71-74-69/h17-22,42,50,58-59,61,70H,9-16,23-41,43-48H2,1-8H3,(H,72,78)/i3T. The van der Waals surface area contributed by atoms with Crippen molar-refractivity contribution in [3.05, 3.63) is 75.3 Å². The molecule has 4 heterocycles. The molecule has 2 N–H and O–H groups in total. The molecule has 0 aliphatic carbocycles. The number of piperidine rings is 1. The van der Waals surface area contributed by atoms with Gasteiger partial charge in [0.15, 0.2) is 11.6 Å². The van der Waals surface area contributed by atoms with Crippen molar-refractivity contribution in [3.8, 4) is 5.75 Å². The van der Waals surface area contributed by atoms with Crippen LogP contribution in [-0.4, -0.2) is 204 Å². The van der Waals surface area contributed by atoms with Crippen LogP contribution in [0.4, 0.5) is 10.5 Å². The minimum absolute atomic E-state index is 0.00889. The minimum atomic E-state index is -2.13. The van der Waals surface area contributed by atoms with Crippen molar-refractivity contribution in [3.63, 3.8) is 0 Å². The van der Waals surface area contributed by atoms with Gasteiger partial charge in [0.05, 0.1) is 122 Å². The summed E-state index contributed by atoms with van der Waals surface area (Å²) < 4.78 is 80.6. The molecule has 528 valence electrons. The molecule has 0 radical (unpaired) electrons. The fraction of sp³-hybridized carbons (Fsp3) is 0.691. The number of carbonyl (C=O) groups excluding carboxylic acids is 6. The highest BCUT2D eigenvalue weighted by Crippen LogP contribution is 2.52. The summed E-state index contributed by atoms with van der Waals surface area (Å²) in [6, 6.07) is 12.2. The second-order valence-electron chi connectivity index (χ2n) is 25.1. The number of anilines is 1. The molecule has 2 amide bonds. The third-order valence-electron chi connectivity index (χ3n) is 17.5. The molecule has 3 aliphatic rings. The number of azide groups is 1. The van der Waals surface area contributed by atoms with E-state index in [-0.39, 0.29) is 81.0 Å². The van der Waals surface area contributed by atoms with E-state index in [1.54, 1.807) is 31.2 Å². The molecule has 2 aromatic carbocycles. The summed E-state index contributed by atoms with van der Waals surface area (Å²) >= 11 is 0. The number of unbranched alkanes of at least 4 members (excludes halogenated alkanes) is 1. The predicted molar refractivity (Wildman–Crippen MR) is 355 cm³/mol. The summed E-state index contributed by atoms with van der Waals surface area (Å²) in [7, 11) is -2.13. The lowest BCUT2D eigenvalue weighted by molar-refractivity contribution is -0.206. The van der Waals surface area contributed by atoms with Crippen LogP contribution in [0.5, 0.6) is 5.75 Å². The van der Waals surface area contributed by atoms with Gasteiger partial charge >= 0.3 is 12.1 Å². The Labute approximate surface area is 561 Å². The second-order valence-corrected chi connectivity index (χ2v) is 29.8. The van der Waals surface area contributed by atoms with Crippen molar-refractivity contribution in [1.29, 1.82) is 0 Å². The molecule has 2 fully saturated rings. The topological polar surface area (TPSA) is 311 Å². The predicted octanol–water partition coefficient (Wildman–Crippen LogP) is 9.36. The molecule has 0 spiro atoms. The van der Waals surface area contributed by atoms with E-state index >= 15 is 0 Å². The van der Waals surface area contributed by atoms with Gasteiger partial charge in [0.25, 0.3) is 0 Å². The van der Waals surface area contributed by atoms with Gasteiger partial charge in [-0.3, -0.25) is 24.2 Å². The van der Waals surface area contributed by atoms with E-state index in [9.17, 15) is 28.8 Å². The average Bonchev–Trinajstić information content (AvgIpc) is 1.52. The van der Waals surface area contributed by atoms with Gasteiger partial charge in [0, 0.05) is 61.7 Å². The monoisotopic (exact) mass is 1350 g/mol. The van der Waals surface area contributed by atoms with Crippen LogP contribution < -0.4 is 15.1 Å². The van der Waals surface area contributed by atoms with Gasteiger partial charge in [-0.1, -0.05) is 65.2 Å². The first-order chi connectivity index (χ1) is 46.4. The molecule has 26 nitrogen and oxygen atoms in total. The smallest absolute Gasteiger partial charge is 0.509 e. The fourth-order valence-electron chi connectivity index (χ4n) is 11.4. The molecule has 95 heavy (non-hydrogen) atoms. The quantitative estimate of drug-likeness (QED) is 0.0133. The molecule has 3 aromatic rings. The number of hydrogen-bond acceptors (Lipinski definition) is 22. The summed E-state index contributed by atoms with van der Waals surface area (Å²) in [4.78, 5) is 91.3. The molecule has 0 saturated carbocycles. The molecule has 27 heteroatoms. The zero-order chi connectivity index (χ0) is 69.2. The van der Waals surface area contributed by atoms with Crippen molar-refractivity contribution in [2.75, 3.05) is 150 Å². The third kappa shape index (κ3) is 24.7. The Morgan fingerprint density at radius 1 is 0.811 bits per heavy atom. The Balaban J connectivity index is 0.855. The average molecular weight is 1350 g/mol. The number of ketones is 2. The van der Waals surface area contributed by atoms with Crippen LogP contribution in [0.1, 0.15) is 123 Å². The highest BCUT2D eigenvalue weighted by atomic mass is 28.4. The highest BCUT2D eigenvalue weighted by molar-refractivity contribution is 6.74. The van der Waals surface area contributed by atoms with E-state index in [1.807, 2.05) is 17.0 Å². The van der Waals surface area contributed by atoms with Gasteiger partial charge in [-0.15, -0.1) is 0 Å². The van der Waals surface area contributed by atoms with Crippen LogP contribution in [0.3, 0.4) is 0 Å². The molecule has 2 saturated heterocycles. The number of nitrogens with zero attached hydrogens (tertiary/aromatic N) is 5. The van der Waals surface area contributed by atoms with E-state index in [4.69, 9.17) is 73.2 Å². The number of nitrogens with one attached hydrogen (secondary N) is 2. The van der Waals surface area contributed by atoms with Crippen molar-refractivity contribution in [2.24, 2.45) is 22.9 Å². The van der Waals surface area contributed by atoms with Gasteiger partial charge in [0.2, 0.25) is 25.7 Å². The second kappa shape index (κ2) is 41.1. The number of pyridine rings is 1. The first kappa shape index (κ1) is 76.2. The Hall–Kier alpha value is -6.20. The van der Waals surface area contributed by atoms with E-state index in [1.165, 1.54) is 0 Å². The maximum Gasteiger partial charge on any atom is 0.509 e. The molecule has 5 atom stereocenters. The van der Waals surface area contributed by atoms with Gasteiger partial charge in [-0.2, -0.15) is 0 Å². The number of benzene rings is 2. The molecule has 3 aliphatic heterocycles. The number of Topliss-reactive ketones (excluding diaryl/α,β-unsaturated/α-hetero) is 2. The number of esters is 1. The van der Waals surface area contributed by atoms with Gasteiger partial charge in [-0.05, 0) is 122 Å². The van der Waals surface area contributed by atoms with Gasteiger partial charge in [-0.25, -0.2) is 9.59 Å². The molecular weight excluding hydrogens is 1250 g/mol. The van der Waals surface area contributed by atoms with E-state index < -0.39 is 49.8 Å². The highest BCUT2D eigenvalue weighted by Gasteiger charge is 2.62. The number of carbonyl (C=O) groups is 6. The summed E-state index contributed by atoms with van der Waals surface area (Å²) in [5.41, 5.74) is 11.1. The first-order valence-electron chi connectivity index (χ1n) is 34.2. The van der Waals surface area contributed by atoms with Crippen molar-refractivity contribution < 1.29 is 91.4 Å². The maximum absolute atomic E-state index is 14.5. The van der Waals surface area contributed by atoms with Gasteiger partial charge < -0.3 is 76.8 Å². The van der Waals surface area contributed by atoms with E-state index in [0.717, 1.165) is 39.9 Å². The molecular formula is C68H103N7O19Si. The van der Waals surface area contributed by atoms with E-state index in [0.29, 0.717) is 175 Å². The summed E-state index contributed by atoms with van der Waals surface area (Å²) in [6.45, 7) is 22.7. The minimum Gasteiger partial charge on any atom is -0.543 e. The number of hydrogen-bond donors (Lipinski definition) is 2. The largest absolute Gasteiger partial charge is 0.543 e. The van der Waals surface area contributed by atoms with E-state index in [2.05, 4.69) is 67.5 Å². The number of aryl methyl sites for hydroxylation is 1. The van der Waals surface area contributed by atoms with Crippen LogP contribution in [0, 0.1) is 17.8 Å². The molecule has 6 rings (SSSR count). The lowest BCUT2D eigenvalue weighted by Gasteiger charge is -2.49. The van der Waals surface area contributed by atoms with Crippen molar-refractivity contribution in [1.82, 2.24) is 15.2 Å². The molecule has 0 bridgehead atoms. The summed E-state index contributed by atoms with van der Waals surface area (Å²) in [6.07, 6.45) is 2.35. The number of rotatable bonds is 49. The SMILES string of the molecule is [3H]CCNCCCCC(CC(=O)COCC(=O)CCCOCCOCCOCCOCCOCCOCCOCCOCCN=[N+]=[N-])C(=O)Nc1ccc(COC(=O)OC2(CC)C(=O)OCC3C(=O)N4Cc5c(nc6ccc(O[Si](C)(C)C(C)(C)C)cc6c5CC)C4CC32)cc1. The number of aromatic nitrogens is 1. The zero-order valence-corrected chi connectivity index (χ0v) is 57.9. The van der Waals surface area contributed by atoms with Crippen molar-refractivity contribution in [2.45, 2.75) is 142 Å². The normalized spacial score (nSPS) is 18.1. The van der Waals surface area contributed by atoms with Crippen LogP contribution >= 0.6 is 0 Å². The van der Waals surface area contributed by atoms with Crippen LogP contribution in [0.2, 0.25) is 18.1 Å². The first-order valence-corrected chi connectivity index (χ1v) is 36.4. The number of fused-ring (bicyclic) bond motifs is 5. The number of amides is 2. The Morgan fingerprint density at radius 2 is 1.42 bits per heavy atom. The molecule has 1 aromatic heterocycles. The molecule has 5 unspecified atom stereocenters. The summed E-state index contributed by atoms with van der Waals surface area (Å²) in [5.74, 6) is -3.13. The Kier molecular flexibility index (Phi) is 33.0. The zero-order valence-electron chi connectivity index (χ0n) is 57.9. The number of ether oxygens (including phenoxy) is 12. The van der Waals surface area contributed by atoms with Crippen LogP contribution in [-0.2, 0) is 100 Å². The lowest BCUT2D eigenvalue weighted by atomic mass is 9.68. The Morgan fingerprint density at radius 3 is 2.01 bits per heavy atom. The summed E-state index contributed by atoms with van der Waals surface area (Å²) in [5, 5.41) is 10.5. The van der Waals surface area contributed by atoms with Crippen molar-refractivity contribution >= 4 is 60.4 Å². The maximum atomic E-state index is 14.5. The van der Waals surface area contributed by atoms with Crippen LogP contribution in [0.15, 0.2) is 47.6 Å². The van der Waals surface area contributed by atoms with Gasteiger partial charge in [0.1, 0.15) is 32.2 Å². The van der Waals surface area contributed by atoms with Crippen LogP contribution in [0.25, 0.3) is 21.3 Å². The fourth-order valence-corrected chi connectivity index (χ4v) is 12.4.